The SMILES string of the molecule is CC(C(O)CCCOCCO)n1cnc2nc(N)[nH]c(=O)c21. The van der Waals surface area contributed by atoms with Gasteiger partial charge in [-0.05, 0) is 19.8 Å². The molecule has 2 aromatic rings. The number of anilines is 1. The zero-order chi connectivity index (χ0) is 16.1. The van der Waals surface area contributed by atoms with Crippen LogP contribution in [-0.2, 0) is 4.74 Å². The van der Waals surface area contributed by atoms with Gasteiger partial charge in [-0.25, -0.2) is 4.98 Å². The molecule has 0 saturated heterocycles. The van der Waals surface area contributed by atoms with Crippen LogP contribution >= 0.6 is 0 Å². The third kappa shape index (κ3) is 3.62. The molecule has 0 radical (unpaired) electrons. The van der Waals surface area contributed by atoms with E-state index in [0.717, 1.165) is 0 Å². The molecule has 22 heavy (non-hydrogen) atoms. The Bertz CT molecular complexity index is 668. The van der Waals surface area contributed by atoms with E-state index in [0.29, 0.717) is 26.1 Å². The average molecular weight is 311 g/mol. The molecular weight excluding hydrogens is 290 g/mol. The Labute approximate surface area is 126 Å². The molecule has 122 valence electrons. The van der Waals surface area contributed by atoms with Crippen LogP contribution in [0.4, 0.5) is 5.95 Å². The Morgan fingerprint density at radius 2 is 2.27 bits per heavy atom. The molecule has 0 aliphatic rings. The van der Waals surface area contributed by atoms with Crippen LogP contribution < -0.4 is 11.3 Å². The van der Waals surface area contributed by atoms with Crippen LogP contribution in [0, 0.1) is 0 Å². The number of hydrogen-bond donors (Lipinski definition) is 4. The molecule has 2 rings (SSSR count). The smallest absolute Gasteiger partial charge is 0.278 e. The number of aromatic amines is 1. The van der Waals surface area contributed by atoms with Gasteiger partial charge in [0, 0.05) is 6.61 Å². The lowest BCUT2D eigenvalue weighted by atomic mass is 10.1. The zero-order valence-electron chi connectivity index (χ0n) is 12.4. The van der Waals surface area contributed by atoms with E-state index in [1.54, 1.807) is 11.5 Å². The zero-order valence-corrected chi connectivity index (χ0v) is 12.4. The number of aliphatic hydroxyl groups is 2. The molecule has 2 heterocycles. The van der Waals surface area contributed by atoms with Crippen molar-refractivity contribution in [3.8, 4) is 0 Å². The first-order valence-corrected chi connectivity index (χ1v) is 7.13. The number of rotatable bonds is 8. The summed E-state index contributed by atoms with van der Waals surface area (Å²) < 4.78 is 6.74. The summed E-state index contributed by atoms with van der Waals surface area (Å²) in [6, 6.07) is -0.339. The fourth-order valence-corrected chi connectivity index (χ4v) is 2.27. The van der Waals surface area contributed by atoms with E-state index in [-0.39, 0.29) is 35.3 Å². The molecule has 2 unspecified atom stereocenters. The van der Waals surface area contributed by atoms with Gasteiger partial charge in [0.05, 0.1) is 31.7 Å². The number of nitrogen functional groups attached to an aromatic ring is 1. The van der Waals surface area contributed by atoms with Crippen LogP contribution in [0.2, 0.25) is 0 Å². The van der Waals surface area contributed by atoms with Gasteiger partial charge in [-0.15, -0.1) is 0 Å². The lowest BCUT2D eigenvalue weighted by molar-refractivity contribution is 0.0682. The standard InChI is InChI=1S/C13H21N5O4/c1-8(9(20)3-2-5-22-6-4-19)18-7-15-11-10(18)12(21)17-13(14)16-11/h7-9,19-20H,2-6H2,1H3,(H3,14,16,17,21). The number of fused-ring (bicyclic) bond motifs is 1. The van der Waals surface area contributed by atoms with E-state index in [4.69, 9.17) is 15.6 Å². The highest BCUT2D eigenvalue weighted by atomic mass is 16.5. The summed E-state index contributed by atoms with van der Waals surface area (Å²) in [4.78, 5) is 22.4. The van der Waals surface area contributed by atoms with Gasteiger partial charge in [-0.1, -0.05) is 0 Å². The summed E-state index contributed by atoms with van der Waals surface area (Å²) in [6.07, 6.45) is 1.97. The van der Waals surface area contributed by atoms with Crippen molar-refractivity contribution in [2.45, 2.75) is 31.9 Å². The predicted molar refractivity (Wildman–Crippen MR) is 80.4 cm³/mol. The Morgan fingerprint density at radius 1 is 1.50 bits per heavy atom. The highest BCUT2D eigenvalue weighted by Crippen LogP contribution is 2.19. The minimum absolute atomic E-state index is 0.0111. The minimum Gasteiger partial charge on any atom is -0.394 e. The molecule has 0 bridgehead atoms. The van der Waals surface area contributed by atoms with Crippen molar-refractivity contribution in [3.05, 3.63) is 16.7 Å². The summed E-state index contributed by atoms with van der Waals surface area (Å²) in [6.45, 7) is 2.54. The molecule has 9 nitrogen and oxygen atoms in total. The van der Waals surface area contributed by atoms with Gasteiger partial charge in [0.1, 0.15) is 0 Å². The lowest BCUT2D eigenvalue weighted by Crippen LogP contribution is -2.24. The molecule has 5 N–H and O–H groups in total. The van der Waals surface area contributed by atoms with Gasteiger partial charge in [0.25, 0.3) is 5.56 Å². The van der Waals surface area contributed by atoms with Crippen LogP contribution in [0.3, 0.4) is 0 Å². The van der Waals surface area contributed by atoms with Gasteiger partial charge in [0.15, 0.2) is 11.2 Å². The second-order valence-electron chi connectivity index (χ2n) is 5.06. The number of aromatic nitrogens is 4. The number of hydrogen-bond acceptors (Lipinski definition) is 7. The monoisotopic (exact) mass is 311 g/mol. The van der Waals surface area contributed by atoms with Crippen molar-refractivity contribution in [1.29, 1.82) is 0 Å². The maximum absolute atomic E-state index is 12.0. The highest BCUT2D eigenvalue weighted by molar-refractivity contribution is 5.70. The first-order valence-electron chi connectivity index (χ1n) is 7.13. The molecule has 2 aromatic heterocycles. The second kappa shape index (κ2) is 7.34. The number of H-pyrrole nitrogens is 1. The van der Waals surface area contributed by atoms with Gasteiger partial charge >= 0.3 is 0 Å². The third-order valence-corrected chi connectivity index (χ3v) is 3.48. The van der Waals surface area contributed by atoms with Crippen molar-refractivity contribution in [3.63, 3.8) is 0 Å². The Hall–Kier alpha value is -1.97. The van der Waals surface area contributed by atoms with E-state index in [1.165, 1.54) is 6.33 Å². The highest BCUT2D eigenvalue weighted by Gasteiger charge is 2.20. The molecule has 0 aromatic carbocycles. The number of aliphatic hydroxyl groups excluding tert-OH is 2. The van der Waals surface area contributed by atoms with E-state index in [1.807, 2.05) is 0 Å². The summed E-state index contributed by atoms with van der Waals surface area (Å²) >= 11 is 0. The van der Waals surface area contributed by atoms with Crippen LogP contribution in [-0.4, -0.2) is 55.7 Å². The van der Waals surface area contributed by atoms with E-state index < -0.39 is 6.10 Å². The Balaban J connectivity index is 2.06. The number of nitrogens with one attached hydrogen (secondary N) is 1. The fourth-order valence-electron chi connectivity index (χ4n) is 2.27. The second-order valence-corrected chi connectivity index (χ2v) is 5.06. The van der Waals surface area contributed by atoms with Gasteiger partial charge in [-0.3, -0.25) is 9.78 Å². The van der Waals surface area contributed by atoms with Gasteiger partial charge in [-0.2, -0.15) is 4.98 Å². The third-order valence-electron chi connectivity index (χ3n) is 3.48. The maximum atomic E-state index is 12.0. The van der Waals surface area contributed by atoms with Crippen molar-refractivity contribution in [1.82, 2.24) is 19.5 Å². The molecule has 0 spiro atoms. The normalized spacial score (nSPS) is 14.3. The number of nitrogens with two attached hydrogens (primary N) is 1. The molecule has 0 aliphatic carbocycles. The molecule has 2 atom stereocenters. The fraction of sp³-hybridized carbons (Fsp3) is 0.615. The van der Waals surface area contributed by atoms with Gasteiger partial charge in [0.2, 0.25) is 5.95 Å². The first kappa shape index (κ1) is 16.4. The van der Waals surface area contributed by atoms with Crippen LogP contribution in [0.5, 0.6) is 0 Å². The van der Waals surface area contributed by atoms with E-state index >= 15 is 0 Å². The topological polar surface area (TPSA) is 139 Å². The van der Waals surface area contributed by atoms with Crippen molar-refractivity contribution in [2.75, 3.05) is 25.6 Å². The van der Waals surface area contributed by atoms with Crippen LogP contribution in [0.1, 0.15) is 25.8 Å². The lowest BCUT2D eigenvalue weighted by Gasteiger charge is -2.20. The largest absolute Gasteiger partial charge is 0.394 e. The molecule has 0 aliphatic heterocycles. The minimum atomic E-state index is -0.660. The van der Waals surface area contributed by atoms with Crippen LogP contribution in [0.25, 0.3) is 11.2 Å². The summed E-state index contributed by atoms with van der Waals surface area (Å²) in [5, 5.41) is 18.8. The van der Waals surface area contributed by atoms with Crippen molar-refractivity contribution in [2.24, 2.45) is 0 Å². The predicted octanol–water partition coefficient (Wildman–Crippen LogP) is -0.587. The average Bonchev–Trinajstić information content (AvgIpc) is 2.90. The first-order chi connectivity index (χ1) is 10.5. The van der Waals surface area contributed by atoms with E-state index in [9.17, 15) is 9.90 Å². The summed E-state index contributed by atoms with van der Waals surface area (Å²) in [7, 11) is 0. The number of imidazole rings is 1. The quantitative estimate of drug-likeness (QED) is 0.478. The van der Waals surface area contributed by atoms with E-state index in [2.05, 4.69) is 15.0 Å². The Morgan fingerprint density at radius 3 is 3.00 bits per heavy atom. The molecule has 0 amide bonds. The molecular formula is C13H21N5O4. The van der Waals surface area contributed by atoms with Crippen molar-refractivity contribution < 1.29 is 14.9 Å². The Kier molecular flexibility index (Phi) is 5.47. The number of ether oxygens (including phenoxy) is 1. The summed E-state index contributed by atoms with van der Waals surface area (Å²) in [5.41, 5.74) is 5.64. The van der Waals surface area contributed by atoms with Crippen molar-refractivity contribution >= 4 is 17.1 Å². The summed E-state index contributed by atoms with van der Waals surface area (Å²) in [5.74, 6) is 0.0111. The molecule has 0 fully saturated rings. The maximum Gasteiger partial charge on any atom is 0.278 e. The molecule has 0 saturated carbocycles. The van der Waals surface area contributed by atoms with Gasteiger partial charge < -0.3 is 25.3 Å². The molecule has 9 heteroatoms. The number of nitrogens with zero attached hydrogens (tertiary/aromatic N) is 3. The van der Waals surface area contributed by atoms with Crippen LogP contribution in [0.15, 0.2) is 11.1 Å².